The first-order chi connectivity index (χ1) is 11.7. The van der Waals surface area contributed by atoms with Gasteiger partial charge in [-0.15, -0.1) is 11.3 Å². The number of carbonyl (C=O) groups is 1. The smallest absolute Gasteiger partial charge is 0.262 e. The zero-order valence-electron chi connectivity index (χ0n) is 12.7. The van der Waals surface area contributed by atoms with Crippen molar-refractivity contribution in [2.75, 3.05) is 13.2 Å². The van der Waals surface area contributed by atoms with Gasteiger partial charge >= 0.3 is 0 Å². The number of thiophene rings is 1. The number of fused-ring (bicyclic) bond motifs is 2. The number of nitrogens with zero attached hydrogens (tertiary/aromatic N) is 2. The molecule has 6 nitrogen and oxygen atoms in total. The lowest BCUT2D eigenvalue weighted by Crippen LogP contribution is -2.24. The van der Waals surface area contributed by atoms with E-state index in [9.17, 15) is 9.59 Å². The maximum Gasteiger partial charge on any atom is 0.262 e. The van der Waals surface area contributed by atoms with Crippen molar-refractivity contribution in [2.24, 2.45) is 0 Å². The Hall–Kier alpha value is -2.67. The lowest BCUT2D eigenvalue weighted by atomic mass is 10.1. The van der Waals surface area contributed by atoms with Crippen LogP contribution in [-0.4, -0.2) is 28.5 Å². The molecule has 0 saturated heterocycles. The number of ether oxygens (including phenoxy) is 2. The fourth-order valence-corrected chi connectivity index (χ4v) is 3.31. The van der Waals surface area contributed by atoms with E-state index in [1.807, 2.05) is 5.38 Å². The topological polar surface area (TPSA) is 70.4 Å². The molecule has 0 amide bonds. The molecular formula is C17H14N2O4S. The Kier molecular flexibility index (Phi) is 3.78. The van der Waals surface area contributed by atoms with Gasteiger partial charge in [-0.2, -0.15) is 0 Å². The number of ketones is 1. The van der Waals surface area contributed by atoms with E-state index in [1.54, 1.807) is 24.3 Å². The Morgan fingerprint density at radius 3 is 2.92 bits per heavy atom. The number of Topliss-reactive ketones (excluding diaryl/α,β-unsaturated/α-hetero) is 1. The van der Waals surface area contributed by atoms with Gasteiger partial charge in [0, 0.05) is 12.0 Å². The third-order valence-corrected chi connectivity index (χ3v) is 4.65. The highest BCUT2D eigenvalue weighted by Crippen LogP contribution is 2.30. The number of benzene rings is 1. The van der Waals surface area contributed by atoms with Gasteiger partial charge in [0.05, 0.1) is 31.5 Å². The van der Waals surface area contributed by atoms with Crippen molar-refractivity contribution in [2.45, 2.75) is 13.0 Å². The second kappa shape index (κ2) is 6.09. The molecule has 0 unspecified atom stereocenters. The summed E-state index contributed by atoms with van der Waals surface area (Å²) in [5.74, 6) is 1.03. The molecule has 2 aromatic heterocycles. The summed E-state index contributed by atoms with van der Waals surface area (Å²) in [5.41, 5.74) is 0.278. The lowest BCUT2D eigenvalue weighted by Gasteiger charge is -2.09. The molecule has 0 bridgehead atoms. The zero-order chi connectivity index (χ0) is 16.5. The van der Waals surface area contributed by atoms with Gasteiger partial charge in [-0.25, -0.2) is 4.98 Å². The van der Waals surface area contributed by atoms with Crippen LogP contribution in [-0.2, 0) is 6.54 Å². The van der Waals surface area contributed by atoms with Gasteiger partial charge in [0.1, 0.15) is 4.83 Å². The monoisotopic (exact) mass is 342 g/mol. The Morgan fingerprint density at radius 1 is 1.21 bits per heavy atom. The highest BCUT2D eigenvalue weighted by molar-refractivity contribution is 7.16. The van der Waals surface area contributed by atoms with E-state index >= 15 is 0 Å². The second-order valence-corrected chi connectivity index (χ2v) is 6.35. The first-order valence-electron chi connectivity index (χ1n) is 7.58. The summed E-state index contributed by atoms with van der Waals surface area (Å²) < 4.78 is 12.5. The summed E-state index contributed by atoms with van der Waals surface area (Å²) in [5, 5.41) is 2.35. The van der Waals surface area contributed by atoms with Crippen molar-refractivity contribution >= 4 is 27.3 Å². The van der Waals surface area contributed by atoms with Crippen molar-refractivity contribution in [3.63, 3.8) is 0 Å². The van der Waals surface area contributed by atoms with E-state index < -0.39 is 0 Å². The first kappa shape index (κ1) is 14.9. The van der Waals surface area contributed by atoms with Crippen LogP contribution in [0.3, 0.4) is 0 Å². The minimum atomic E-state index is -0.205. The minimum absolute atomic E-state index is 0.0583. The molecule has 0 radical (unpaired) electrons. The van der Waals surface area contributed by atoms with Crippen molar-refractivity contribution in [1.29, 1.82) is 0 Å². The first-order valence-corrected chi connectivity index (χ1v) is 8.46. The number of hydrogen-bond donors (Lipinski definition) is 0. The summed E-state index contributed by atoms with van der Waals surface area (Å²) in [4.78, 5) is 29.8. The summed E-state index contributed by atoms with van der Waals surface area (Å²) in [7, 11) is 0. The van der Waals surface area contributed by atoms with E-state index in [4.69, 9.17) is 9.47 Å². The standard InChI is InChI=1S/C17H14N2O4S/c20-13(9-19-10-18-16-12(17(19)21)4-7-24-16)11-2-3-14-15(8-11)23-6-1-5-22-14/h2-4,7-8,10H,1,5-6,9H2. The summed E-state index contributed by atoms with van der Waals surface area (Å²) >= 11 is 1.40. The predicted molar refractivity (Wildman–Crippen MR) is 90.3 cm³/mol. The van der Waals surface area contributed by atoms with Crippen LogP contribution < -0.4 is 15.0 Å². The molecule has 24 heavy (non-hydrogen) atoms. The normalized spacial score (nSPS) is 13.7. The third kappa shape index (κ3) is 2.67. The van der Waals surface area contributed by atoms with Crippen LogP contribution in [0.25, 0.3) is 10.2 Å². The van der Waals surface area contributed by atoms with Crippen LogP contribution in [0.1, 0.15) is 16.8 Å². The molecule has 3 heterocycles. The second-order valence-electron chi connectivity index (χ2n) is 5.45. The van der Waals surface area contributed by atoms with Crippen LogP contribution >= 0.6 is 11.3 Å². The molecule has 1 aromatic carbocycles. The highest BCUT2D eigenvalue weighted by Gasteiger charge is 2.15. The maximum absolute atomic E-state index is 12.5. The van der Waals surface area contributed by atoms with Gasteiger partial charge in [0.25, 0.3) is 5.56 Å². The van der Waals surface area contributed by atoms with Crippen LogP contribution in [0.15, 0.2) is 40.8 Å². The number of rotatable bonds is 3. The van der Waals surface area contributed by atoms with Gasteiger partial charge in [0.15, 0.2) is 17.3 Å². The number of aromatic nitrogens is 2. The average molecular weight is 342 g/mol. The Labute approximate surface area is 141 Å². The van der Waals surface area contributed by atoms with Crippen molar-refractivity contribution in [3.05, 3.63) is 51.9 Å². The van der Waals surface area contributed by atoms with E-state index in [1.165, 1.54) is 22.2 Å². The molecule has 0 saturated carbocycles. The van der Waals surface area contributed by atoms with Gasteiger partial charge < -0.3 is 9.47 Å². The van der Waals surface area contributed by atoms with Crippen molar-refractivity contribution < 1.29 is 14.3 Å². The quantitative estimate of drug-likeness (QED) is 0.684. The van der Waals surface area contributed by atoms with E-state index in [-0.39, 0.29) is 17.9 Å². The molecule has 0 atom stereocenters. The molecule has 1 aliphatic rings. The Morgan fingerprint density at radius 2 is 2.04 bits per heavy atom. The fourth-order valence-electron chi connectivity index (χ4n) is 2.59. The Bertz CT molecular complexity index is 976. The molecule has 3 aromatic rings. The lowest BCUT2D eigenvalue weighted by molar-refractivity contribution is 0.0970. The van der Waals surface area contributed by atoms with Gasteiger partial charge in [-0.3, -0.25) is 14.2 Å². The number of hydrogen-bond acceptors (Lipinski definition) is 6. The average Bonchev–Trinajstić information content (AvgIpc) is 2.95. The van der Waals surface area contributed by atoms with Gasteiger partial charge in [0.2, 0.25) is 0 Å². The third-order valence-electron chi connectivity index (χ3n) is 3.83. The molecule has 0 spiro atoms. The van der Waals surface area contributed by atoms with Crippen LogP contribution in [0.5, 0.6) is 11.5 Å². The van der Waals surface area contributed by atoms with E-state index in [0.717, 1.165) is 6.42 Å². The molecule has 0 N–H and O–H groups in total. The van der Waals surface area contributed by atoms with Crippen molar-refractivity contribution in [3.8, 4) is 11.5 Å². The molecule has 4 rings (SSSR count). The minimum Gasteiger partial charge on any atom is -0.490 e. The molecule has 0 aliphatic carbocycles. The summed E-state index contributed by atoms with van der Waals surface area (Å²) in [6.45, 7) is 1.10. The Balaban J connectivity index is 1.62. The molecular weight excluding hydrogens is 328 g/mol. The van der Waals surface area contributed by atoms with Gasteiger partial charge in [-0.05, 0) is 29.6 Å². The summed E-state index contributed by atoms with van der Waals surface area (Å²) in [6.07, 6.45) is 2.22. The van der Waals surface area contributed by atoms with Gasteiger partial charge in [-0.1, -0.05) is 0 Å². The molecule has 7 heteroatoms. The predicted octanol–water partition coefficient (Wildman–Crippen LogP) is 2.50. The number of carbonyl (C=O) groups excluding carboxylic acids is 1. The van der Waals surface area contributed by atoms with Crippen LogP contribution in [0, 0.1) is 0 Å². The highest BCUT2D eigenvalue weighted by atomic mass is 32.1. The van der Waals surface area contributed by atoms with E-state index in [2.05, 4.69) is 4.98 Å². The molecule has 1 aliphatic heterocycles. The largest absolute Gasteiger partial charge is 0.490 e. The maximum atomic E-state index is 12.5. The molecule has 0 fully saturated rings. The summed E-state index contributed by atoms with van der Waals surface area (Å²) in [6, 6.07) is 6.82. The molecule has 122 valence electrons. The van der Waals surface area contributed by atoms with Crippen molar-refractivity contribution in [1.82, 2.24) is 9.55 Å². The van der Waals surface area contributed by atoms with Crippen LogP contribution in [0.2, 0.25) is 0 Å². The zero-order valence-corrected chi connectivity index (χ0v) is 13.5. The van der Waals surface area contributed by atoms with E-state index in [0.29, 0.717) is 40.5 Å². The fraction of sp³-hybridized carbons (Fsp3) is 0.235. The SMILES string of the molecule is O=C(Cn1cnc2sccc2c1=O)c1ccc2c(c1)OCCCO2. The van der Waals surface area contributed by atoms with Crippen LogP contribution in [0.4, 0.5) is 0 Å².